The summed E-state index contributed by atoms with van der Waals surface area (Å²) in [6.07, 6.45) is 0.879. The van der Waals surface area contributed by atoms with E-state index in [4.69, 9.17) is 0 Å². The van der Waals surface area contributed by atoms with Crippen molar-refractivity contribution in [2.75, 3.05) is 11.6 Å². The third-order valence-corrected chi connectivity index (χ3v) is 5.10. The highest BCUT2D eigenvalue weighted by molar-refractivity contribution is 7.99. The third-order valence-electron chi connectivity index (χ3n) is 4.09. The topological polar surface area (TPSA) is 57.6 Å². The monoisotopic (exact) mass is 307 g/mol. The zero-order valence-corrected chi connectivity index (χ0v) is 13.2. The van der Waals surface area contributed by atoms with Crippen LogP contribution in [0.5, 0.6) is 0 Å². The van der Waals surface area contributed by atoms with Crippen LogP contribution in [0.1, 0.15) is 31.7 Å². The number of aliphatic carboxylic acids is 1. The Morgan fingerprint density at radius 3 is 2.62 bits per heavy atom. The molecule has 3 atom stereocenters. The number of hydrogen-bond acceptors (Lipinski definition) is 3. The lowest BCUT2D eigenvalue weighted by molar-refractivity contribution is -0.148. The van der Waals surface area contributed by atoms with Gasteiger partial charge in [-0.15, -0.1) is 11.8 Å². The van der Waals surface area contributed by atoms with E-state index in [2.05, 4.69) is 13.8 Å². The number of nitrogens with zero attached hydrogens (tertiary/aromatic N) is 1. The Morgan fingerprint density at radius 1 is 1.38 bits per heavy atom. The predicted molar refractivity (Wildman–Crippen MR) is 84.2 cm³/mol. The fourth-order valence-corrected chi connectivity index (χ4v) is 3.81. The molecule has 1 fully saturated rings. The molecule has 4 nitrogen and oxygen atoms in total. The van der Waals surface area contributed by atoms with Crippen LogP contribution in [0.15, 0.2) is 30.3 Å². The van der Waals surface area contributed by atoms with Crippen LogP contribution in [0.25, 0.3) is 0 Å². The first-order chi connectivity index (χ1) is 10.1. The lowest BCUT2D eigenvalue weighted by Gasteiger charge is -2.29. The average molecular weight is 307 g/mol. The van der Waals surface area contributed by atoms with Gasteiger partial charge in [-0.25, -0.2) is 4.79 Å². The molecule has 2 unspecified atom stereocenters. The molecule has 0 spiro atoms. The number of amides is 1. The summed E-state index contributed by atoms with van der Waals surface area (Å²) in [6.45, 7) is 4.11. The summed E-state index contributed by atoms with van der Waals surface area (Å²) in [7, 11) is 0. The molecule has 1 amide bonds. The molecular formula is C16H21NO3S. The fourth-order valence-electron chi connectivity index (χ4n) is 2.65. The van der Waals surface area contributed by atoms with Crippen LogP contribution in [-0.2, 0) is 9.59 Å². The van der Waals surface area contributed by atoms with Crippen LogP contribution in [0.2, 0.25) is 0 Å². The maximum atomic E-state index is 12.9. The maximum absolute atomic E-state index is 12.9. The van der Waals surface area contributed by atoms with Crippen molar-refractivity contribution in [3.63, 3.8) is 0 Å². The van der Waals surface area contributed by atoms with E-state index in [9.17, 15) is 14.7 Å². The third kappa shape index (κ3) is 3.40. The van der Waals surface area contributed by atoms with E-state index in [1.54, 1.807) is 0 Å². The summed E-state index contributed by atoms with van der Waals surface area (Å²) in [5.74, 6) is -0.118. The average Bonchev–Trinajstić information content (AvgIpc) is 2.98. The van der Waals surface area contributed by atoms with Gasteiger partial charge in [0.2, 0.25) is 5.91 Å². The van der Waals surface area contributed by atoms with Crippen molar-refractivity contribution in [1.82, 2.24) is 4.90 Å². The van der Waals surface area contributed by atoms with Gasteiger partial charge in [-0.1, -0.05) is 50.6 Å². The highest BCUT2D eigenvalue weighted by atomic mass is 32.2. The normalized spacial score (nSPS) is 21.0. The standard InChI is InChI=1S/C16H21NO3S/c1-3-11(2)14(12-7-5-4-6-8-12)15(18)17-10-21-9-13(17)16(19)20/h4-8,11,13-14H,3,9-10H2,1-2H3,(H,19,20)/t11?,13-,14?/m0/s1. The largest absolute Gasteiger partial charge is 0.480 e. The molecule has 1 N–H and O–H groups in total. The van der Waals surface area contributed by atoms with Crippen LogP contribution >= 0.6 is 11.8 Å². The van der Waals surface area contributed by atoms with Crippen molar-refractivity contribution in [2.24, 2.45) is 5.92 Å². The Balaban J connectivity index is 2.29. The second-order valence-electron chi connectivity index (χ2n) is 5.44. The maximum Gasteiger partial charge on any atom is 0.327 e. The van der Waals surface area contributed by atoms with Gasteiger partial charge in [0.05, 0.1) is 11.8 Å². The smallest absolute Gasteiger partial charge is 0.327 e. The molecule has 114 valence electrons. The first kappa shape index (κ1) is 15.9. The molecule has 1 aromatic rings. The summed E-state index contributed by atoms with van der Waals surface area (Å²) in [5.41, 5.74) is 0.970. The molecule has 0 radical (unpaired) electrons. The SMILES string of the molecule is CCC(C)C(C(=O)N1CSC[C@H]1C(=O)O)c1ccccc1. The molecule has 1 aromatic carbocycles. The van der Waals surface area contributed by atoms with Gasteiger partial charge < -0.3 is 10.0 Å². The lowest BCUT2D eigenvalue weighted by Crippen LogP contribution is -2.45. The quantitative estimate of drug-likeness (QED) is 0.909. The van der Waals surface area contributed by atoms with Crippen LogP contribution < -0.4 is 0 Å². The van der Waals surface area contributed by atoms with Crippen LogP contribution in [0.3, 0.4) is 0 Å². The number of benzene rings is 1. The zero-order valence-electron chi connectivity index (χ0n) is 12.4. The van der Waals surface area contributed by atoms with E-state index in [-0.39, 0.29) is 17.7 Å². The van der Waals surface area contributed by atoms with Crippen molar-refractivity contribution in [1.29, 1.82) is 0 Å². The highest BCUT2D eigenvalue weighted by Gasteiger charge is 2.39. The Morgan fingerprint density at radius 2 is 2.05 bits per heavy atom. The van der Waals surface area contributed by atoms with Crippen molar-refractivity contribution < 1.29 is 14.7 Å². The van der Waals surface area contributed by atoms with Gasteiger partial charge in [0.15, 0.2) is 0 Å². The molecule has 1 heterocycles. The van der Waals surface area contributed by atoms with Crippen LogP contribution in [-0.4, -0.2) is 39.6 Å². The molecule has 1 aliphatic rings. The summed E-state index contributed by atoms with van der Waals surface area (Å²) in [6, 6.07) is 8.98. The van der Waals surface area contributed by atoms with Gasteiger partial charge in [0, 0.05) is 5.75 Å². The molecule has 0 aromatic heterocycles. The number of carbonyl (C=O) groups is 2. The van der Waals surface area contributed by atoms with E-state index in [1.165, 1.54) is 16.7 Å². The summed E-state index contributed by atoms with van der Waals surface area (Å²) in [4.78, 5) is 25.7. The van der Waals surface area contributed by atoms with Crippen LogP contribution in [0, 0.1) is 5.92 Å². The van der Waals surface area contributed by atoms with E-state index >= 15 is 0 Å². The number of thioether (sulfide) groups is 1. The minimum Gasteiger partial charge on any atom is -0.480 e. The summed E-state index contributed by atoms with van der Waals surface area (Å²) < 4.78 is 0. The highest BCUT2D eigenvalue weighted by Crippen LogP contribution is 2.32. The first-order valence-electron chi connectivity index (χ1n) is 7.22. The first-order valence-corrected chi connectivity index (χ1v) is 8.37. The molecule has 5 heteroatoms. The van der Waals surface area contributed by atoms with Gasteiger partial charge >= 0.3 is 5.97 Å². The minimum absolute atomic E-state index is 0.0621. The number of carboxylic acids is 1. The molecule has 2 rings (SSSR count). The molecular weight excluding hydrogens is 286 g/mol. The van der Waals surface area contributed by atoms with Gasteiger partial charge in [-0.3, -0.25) is 4.79 Å². The van der Waals surface area contributed by atoms with Gasteiger partial charge in [0.1, 0.15) is 6.04 Å². The predicted octanol–water partition coefficient (Wildman–Crippen LogP) is 2.80. The van der Waals surface area contributed by atoms with Crippen molar-refractivity contribution in [2.45, 2.75) is 32.2 Å². The zero-order chi connectivity index (χ0) is 15.4. The minimum atomic E-state index is -0.913. The molecule has 0 saturated carbocycles. The van der Waals surface area contributed by atoms with Gasteiger partial charge in [-0.2, -0.15) is 0 Å². The van der Waals surface area contributed by atoms with Crippen molar-refractivity contribution >= 4 is 23.6 Å². The fraction of sp³-hybridized carbons (Fsp3) is 0.500. The summed E-state index contributed by atoms with van der Waals surface area (Å²) >= 11 is 1.50. The van der Waals surface area contributed by atoms with Crippen LogP contribution in [0.4, 0.5) is 0 Å². The number of rotatable bonds is 5. The lowest BCUT2D eigenvalue weighted by atomic mass is 9.84. The van der Waals surface area contributed by atoms with E-state index < -0.39 is 12.0 Å². The molecule has 21 heavy (non-hydrogen) atoms. The Labute approximate surface area is 129 Å². The van der Waals surface area contributed by atoms with Crippen molar-refractivity contribution in [3.8, 4) is 0 Å². The van der Waals surface area contributed by atoms with E-state index in [0.29, 0.717) is 11.6 Å². The molecule has 0 aliphatic carbocycles. The Kier molecular flexibility index (Phi) is 5.28. The Bertz CT molecular complexity index is 506. The number of carboxylic acid groups (broad SMARTS) is 1. The molecule has 0 bridgehead atoms. The molecule has 1 aliphatic heterocycles. The second-order valence-corrected chi connectivity index (χ2v) is 6.44. The Hall–Kier alpha value is -1.49. The van der Waals surface area contributed by atoms with E-state index in [0.717, 1.165) is 12.0 Å². The van der Waals surface area contributed by atoms with E-state index in [1.807, 2.05) is 30.3 Å². The molecule has 1 saturated heterocycles. The number of carbonyl (C=O) groups excluding carboxylic acids is 1. The van der Waals surface area contributed by atoms with Gasteiger partial charge in [0.25, 0.3) is 0 Å². The van der Waals surface area contributed by atoms with Crippen molar-refractivity contribution in [3.05, 3.63) is 35.9 Å². The summed E-state index contributed by atoms with van der Waals surface area (Å²) in [5, 5.41) is 9.27. The second kappa shape index (κ2) is 6.98. The number of hydrogen-bond donors (Lipinski definition) is 1. The van der Waals surface area contributed by atoms with Gasteiger partial charge in [-0.05, 0) is 11.5 Å².